The SMILES string of the molecule is CC(O)C(=O)Oc1cccc(C(=O)Nc2ncc(S(=O)(=O)C(F)(F)F)o2)c1. The Morgan fingerprint density at radius 2 is 2.00 bits per heavy atom. The van der Waals surface area contributed by atoms with Gasteiger partial charge in [0.25, 0.3) is 5.91 Å². The molecule has 13 heteroatoms. The Bertz CT molecular complexity index is 967. The molecular weight excluding hydrogens is 397 g/mol. The molecule has 2 rings (SSSR count). The van der Waals surface area contributed by atoms with Crippen LogP contribution < -0.4 is 10.1 Å². The molecule has 0 spiro atoms. The molecule has 146 valence electrons. The lowest BCUT2D eigenvalue weighted by Gasteiger charge is -2.07. The Morgan fingerprint density at radius 3 is 2.59 bits per heavy atom. The molecule has 0 saturated heterocycles. The molecular formula is C14H11F3N2O7S. The molecule has 27 heavy (non-hydrogen) atoms. The van der Waals surface area contributed by atoms with Crippen LogP contribution in [0.4, 0.5) is 19.2 Å². The minimum Gasteiger partial charge on any atom is -0.425 e. The fourth-order valence-corrected chi connectivity index (χ4v) is 2.24. The Morgan fingerprint density at radius 1 is 1.33 bits per heavy atom. The summed E-state index contributed by atoms with van der Waals surface area (Å²) in [5, 5.41) is 9.56. The molecule has 2 N–H and O–H groups in total. The van der Waals surface area contributed by atoms with E-state index < -0.39 is 44.4 Å². The number of alkyl halides is 3. The standard InChI is InChI=1S/C14H11F3N2O7S/c1-7(20)12(22)25-9-4-2-3-8(5-9)11(21)19-13-18-6-10(26-13)27(23,24)14(15,16)17/h2-7,20H,1H3,(H,18,19,21). The smallest absolute Gasteiger partial charge is 0.425 e. The van der Waals surface area contributed by atoms with E-state index in [4.69, 9.17) is 9.84 Å². The predicted molar refractivity (Wildman–Crippen MR) is 81.5 cm³/mol. The summed E-state index contributed by atoms with van der Waals surface area (Å²) in [6, 6.07) is 4.23. The van der Waals surface area contributed by atoms with E-state index in [1.165, 1.54) is 25.1 Å². The summed E-state index contributed by atoms with van der Waals surface area (Å²) >= 11 is 0. The summed E-state index contributed by atoms with van der Waals surface area (Å²) < 4.78 is 68.9. The van der Waals surface area contributed by atoms with Crippen LogP contribution in [0.2, 0.25) is 0 Å². The summed E-state index contributed by atoms with van der Waals surface area (Å²) in [5.74, 6) is -1.98. The predicted octanol–water partition coefficient (Wildman–Crippen LogP) is 1.51. The van der Waals surface area contributed by atoms with Crippen molar-refractivity contribution in [3.63, 3.8) is 0 Å². The highest BCUT2D eigenvalue weighted by atomic mass is 32.2. The fraction of sp³-hybridized carbons (Fsp3) is 0.214. The van der Waals surface area contributed by atoms with Gasteiger partial charge in [-0.25, -0.2) is 18.2 Å². The number of rotatable bonds is 5. The maximum atomic E-state index is 12.4. The molecule has 0 fully saturated rings. The number of aliphatic hydroxyl groups excluding tert-OH is 1. The van der Waals surface area contributed by atoms with Crippen molar-refractivity contribution in [1.29, 1.82) is 0 Å². The third-order valence-electron chi connectivity index (χ3n) is 2.93. The van der Waals surface area contributed by atoms with Gasteiger partial charge < -0.3 is 14.3 Å². The zero-order valence-corrected chi connectivity index (χ0v) is 14.2. The van der Waals surface area contributed by atoms with Gasteiger partial charge in [0.2, 0.25) is 5.09 Å². The van der Waals surface area contributed by atoms with Crippen molar-refractivity contribution in [2.45, 2.75) is 23.6 Å². The second kappa shape index (κ2) is 7.36. The number of nitrogens with zero attached hydrogens (tertiary/aromatic N) is 1. The Kier molecular flexibility index (Phi) is 5.56. The summed E-state index contributed by atoms with van der Waals surface area (Å²) in [4.78, 5) is 26.6. The van der Waals surface area contributed by atoms with Gasteiger partial charge in [0.1, 0.15) is 11.9 Å². The highest BCUT2D eigenvalue weighted by Crippen LogP contribution is 2.31. The van der Waals surface area contributed by atoms with E-state index in [-0.39, 0.29) is 11.3 Å². The number of hydrogen-bond acceptors (Lipinski definition) is 8. The van der Waals surface area contributed by atoms with E-state index in [0.29, 0.717) is 6.20 Å². The molecule has 1 unspecified atom stereocenters. The van der Waals surface area contributed by atoms with Crippen LogP contribution >= 0.6 is 0 Å². The first-order valence-corrected chi connectivity index (χ1v) is 8.48. The average molecular weight is 408 g/mol. The lowest BCUT2D eigenvalue weighted by Crippen LogP contribution is -2.22. The first kappa shape index (κ1) is 20.4. The summed E-state index contributed by atoms with van der Waals surface area (Å²) in [6.45, 7) is 1.17. The maximum absolute atomic E-state index is 12.4. The number of aromatic nitrogens is 1. The lowest BCUT2D eigenvalue weighted by molar-refractivity contribution is -0.142. The Labute approximate surface area is 149 Å². The number of aliphatic hydroxyl groups is 1. The van der Waals surface area contributed by atoms with Crippen LogP contribution in [0.1, 0.15) is 17.3 Å². The minimum atomic E-state index is -5.75. The monoisotopic (exact) mass is 408 g/mol. The number of anilines is 1. The molecule has 1 aromatic heterocycles. The van der Waals surface area contributed by atoms with Gasteiger partial charge in [-0.2, -0.15) is 13.2 Å². The van der Waals surface area contributed by atoms with Crippen LogP contribution in [0, 0.1) is 0 Å². The second-order valence-corrected chi connectivity index (χ2v) is 6.88. The van der Waals surface area contributed by atoms with Crippen LogP contribution in [0.3, 0.4) is 0 Å². The van der Waals surface area contributed by atoms with E-state index in [1.807, 2.05) is 5.32 Å². The van der Waals surface area contributed by atoms with Crippen molar-refractivity contribution in [3.8, 4) is 5.75 Å². The van der Waals surface area contributed by atoms with Crippen molar-refractivity contribution in [3.05, 3.63) is 36.0 Å². The molecule has 0 aliphatic carbocycles. The molecule has 0 radical (unpaired) electrons. The van der Waals surface area contributed by atoms with E-state index in [2.05, 4.69) is 9.40 Å². The zero-order valence-electron chi connectivity index (χ0n) is 13.4. The van der Waals surface area contributed by atoms with Gasteiger partial charge in [-0.05, 0) is 25.1 Å². The molecule has 0 aliphatic heterocycles. The van der Waals surface area contributed by atoms with Gasteiger partial charge >= 0.3 is 27.3 Å². The molecule has 0 aliphatic rings. The van der Waals surface area contributed by atoms with Gasteiger partial charge in [-0.3, -0.25) is 10.1 Å². The number of hydrogen-bond donors (Lipinski definition) is 2. The maximum Gasteiger partial charge on any atom is 0.505 e. The fourth-order valence-electron chi connectivity index (χ4n) is 1.63. The van der Waals surface area contributed by atoms with E-state index >= 15 is 0 Å². The number of nitrogens with one attached hydrogen (secondary N) is 1. The molecule has 0 saturated carbocycles. The van der Waals surface area contributed by atoms with Gasteiger partial charge in [0, 0.05) is 5.56 Å². The number of carbonyl (C=O) groups excluding carboxylic acids is 2. The van der Waals surface area contributed by atoms with Crippen LogP contribution in [0.25, 0.3) is 0 Å². The first-order valence-electron chi connectivity index (χ1n) is 7.00. The van der Waals surface area contributed by atoms with Crippen molar-refractivity contribution in [2.75, 3.05) is 5.32 Å². The van der Waals surface area contributed by atoms with Crippen molar-refractivity contribution in [2.24, 2.45) is 0 Å². The molecule has 1 amide bonds. The van der Waals surface area contributed by atoms with Gasteiger partial charge in [0.15, 0.2) is 0 Å². The highest BCUT2D eigenvalue weighted by Gasteiger charge is 2.49. The molecule has 1 atom stereocenters. The summed E-state index contributed by atoms with van der Waals surface area (Å²) in [5.41, 5.74) is -5.69. The van der Waals surface area contributed by atoms with Gasteiger partial charge in [0.05, 0.1) is 6.20 Å². The van der Waals surface area contributed by atoms with Gasteiger partial charge in [-0.1, -0.05) is 6.07 Å². The van der Waals surface area contributed by atoms with Crippen LogP contribution in [0.5, 0.6) is 5.75 Å². The normalized spacial score (nSPS) is 13.1. The number of amides is 1. The van der Waals surface area contributed by atoms with Crippen LogP contribution in [0.15, 0.2) is 40.0 Å². The lowest BCUT2D eigenvalue weighted by atomic mass is 10.2. The molecule has 9 nitrogen and oxygen atoms in total. The van der Waals surface area contributed by atoms with Crippen molar-refractivity contribution < 1.29 is 45.4 Å². The number of ether oxygens (including phenoxy) is 1. The second-order valence-electron chi connectivity index (χ2n) is 5.01. The van der Waals surface area contributed by atoms with Crippen LogP contribution in [-0.4, -0.2) is 42.0 Å². The Balaban J connectivity index is 2.16. The molecule has 1 heterocycles. The number of benzene rings is 1. The molecule has 1 aromatic carbocycles. The number of sulfone groups is 1. The molecule has 2 aromatic rings. The summed E-state index contributed by atoms with van der Waals surface area (Å²) in [7, 11) is -5.75. The third kappa shape index (κ3) is 4.62. The first-order chi connectivity index (χ1) is 12.4. The van der Waals surface area contributed by atoms with E-state index in [1.54, 1.807) is 0 Å². The number of oxazole rings is 1. The minimum absolute atomic E-state index is 0.0821. The van der Waals surface area contributed by atoms with E-state index in [0.717, 1.165) is 6.07 Å². The number of esters is 1. The quantitative estimate of drug-likeness (QED) is 0.561. The Hall–Kier alpha value is -2.93. The van der Waals surface area contributed by atoms with Gasteiger partial charge in [-0.15, -0.1) is 0 Å². The topological polar surface area (TPSA) is 136 Å². The zero-order chi connectivity index (χ0) is 20.4. The summed E-state index contributed by atoms with van der Waals surface area (Å²) in [6.07, 6.45) is -1.09. The highest BCUT2D eigenvalue weighted by molar-refractivity contribution is 7.92. The van der Waals surface area contributed by atoms with Crippen molar-refractivity contribution in [1.82, 2.24) is 4.98 Å². The molecule has 0 bridgehead atoms. The largest absolute Gasteiger partial charge is 0.505 e. The third-order valence-corrected chi connectivity index (χ3v) is 4.26. The average Bonchev–Trinajstić information content (AvgIpc) is 3.03. The van der Waals surface area contributed by atoms with E-state index in [9.17, 15) is 31.2 Å². The number of carbonyl (C=O) groups is 2. The number of halogens is 3. The van der Waals surface area contributed by atoms with Crippen molar-refractivity contribution >= 4 is 27.7 Å². The van der Waals surface area contributed by atoms with Crippen LogP contribution in [-0.2, 0) is 14.6 Å².